The lowest BCUT2D eigenvalue weighted by Gasteiger charge is -2.27. The van der Waals surface area contributed by atoms with Gasteiger partial charge >= 0.3 is 18.0 Å². The number of oxime groups is 1. The topological polar surface area (TPSA) is 138 Å². The van der Waals surface area contributed by atoms with Crippen molar-refractivity contribution in [1.82, 2.24) is 10.6 Å². The van der Waals surface area contributed by atoms with Crippen LogP contribution in [-0.2, 0) is 23.9 Å². The van der Waals surface area contributed by atoms with Crippen molar-refractivity contribution in [3.63, 3.8) is 0 Å². The Bertz CT molecular complexity index is 1090. The molecule has 3 rings (SSSR count). The van der Waals surface area contributed by atoms with Gasteiger partial charge in [-0.1, -0.05) is 5.16 Å². The van der Waals surface area contributed by atoms with Gasteiger partial charge in [0.15, 0.2) is 0 Å². The maximum Gasteiger partial charge on any atom is 0.347 e. The molecule has 2 N–H and O–H groups in total. The molecule has 34 heavy (non-hydrogen) atoms. The van der Waals surface area contributed by atoms with Crippen molar-refractivity contribution in [2.45, 2.75) is 19.9 Å². The molecule has 1 aromatic carbocycles. The minimum atomic E-state index is -0.902. The number of ether oxygens (including phenoxy) is 3. The molecule has 0 radical (unpaired) electrons. The van der Waals surface area contributed by atoms with E-state index in [0.29, 0.717) is 17.3 Å². The SMILES string of the molecule is CCOC(=O)C1=C(COC(=O)CON=Cc2ccc(OC)cc2)NC(=O)NC1c1ccc(C)o1. The standard InChI is InChI=1S/C23H25N3O8/c1-4-31-22(28)20-17(25-23(29)26-21(20)18-10-5-14(2)34-18)12-32-19(27)13-33-24-11-15-6-8-16(30-3)9-7-15/h5-11,21H,4,12-13H2,1-3H3,(H2,25,26,29). The summed E-state index contributed by atoms with van der Waals surface area (Å²) >= 11 is 0. The van der Waals surface area contributed by atoms with Crippen LogP contribution in [0.15, 0.2) is 57.2 Å². The zero-order valence-electron chi connectivity index (χ0n) is 19.0. The molecule has 0 aliphatic carbocycles. The Labute approximate surface area is 195 Å². The zero-order valence-corrected chi connectivity index (χ0v) is 19.0. The Balaban J connectivity index is 1.64. The van der Waals surface area contributed by atoms with Crippen LogP contribution in [0.2, 0.25) is 0 Å². The third-order valence-corrected chi connectivity index (χ3v) is 4.65. The maximum absolute atomic E-state index is 12.6. The van der Waals surface area contributed by atoms with E-state index in [0.717, 1.165) is 5.56 Å². The van der Waals surface area contributed by atoms with Gasteiger partial charge in [0.2, 0.25) is 6.61 Å². The number of nitrogens with one attached hydrogen (secondary N) is 2. The number of carbonyl (C=O) groups is 3. The smallest absolute Gasteiger partial charge is 0.347 e. The number of methoxy groups -OCH3 is 1. The normalized spacial score (nSPS) is 15.5. The molecule has 1 aromatic heterocycles. The molecule has 2 aromatic rings. The number of esters is 2. The van der Waals surface area contributed by atoms with Crippen molar-refractivity contribution in [2.24, 2.45) is 5.16 Å². The van der Waals surface area contributed by atoms with Gasteiger partial charge in [0.25, 0.3) is 0 Å². The maximum atomic E-state index is 12.6. The van der Waals surface area contributed by atoms with Gasteiger partial charge in [-0.3, -0.25) is 0 Å². The van der Waals surface area contributed by atoms with Crippen LogP contribution in [0.3, 0.4) is 0 Å². The molecule has 1 atom stereocenters. The van der Waals surface area contributed by atoms with E-state index in [4.69, 9.17) is 23.5 Å². The predicted molar refractivity (Wildman–Crippen MR) is 119 cm³/mol. The molecule has 1 aliphatic heterocycles. The van der Waals surface area contributed by atoms with E-state index >= 15 is 0 Å². The van der Waals surface area contributed by atoms with Gasteiger partial charge in [-0.15, -0.1) is 0 Å². The molecular formula is C23H25N3O8. The minimum absolute atomic E-state index is 0.0713. The molecule has 2 amide bonds. The van der Waals surface area contributed by atoms with Crippen LogP contribution in [0.4, 0.5) is 4.79 Å². The third kappa shape index (κ3) is 6.37. The van der Waals surface area contributed by atoms with E-state index in [2.05, 4.69) is 15.8 Å². The van der Waals surface area contributed by atoms with E-state index in [1.54, 1.807) is 57.4 Å². The number of rotatable bonds is 10. The van der Waals surface area contributed by atoms with Gasteiger partial charge < -0.3 is 34.1 Å². The van der Waals surface area contributed by atoms with Gasteiger partial charge in [-0.2, -0.15) is 0 Å². The Hall–Kier alpha value is -4.28. The van der Waals surface area contributed by atoms with E-state index in [1.807, 2.05) is 0 Å². The average molecular weight is 471 g/mol. The summed E-state index contributed by atoms with van der Waals surface area (Å²) in [5.74, 6) is 0.218. The van der Waals surface area contributed by atoms with Crippen molar-refractivity contribution in [3.05, 3.63) is 64.8 Å². The molecule has 0 fully saturated rings. The molecular weight excluding hydrogens is 446 g/mol. The Morgan fingerprint density at radius 1 is 1.15 bits per heavy atom. The number of urea groups is 1. The number of nitrogens with zero attached hydrogens (tertiary/aromatic N) is 1. The highest BCUT2D eigenvalue weighted by atomic mass is 16.7. The number of hydrogen-bond donors (Lipinski definition) is 2. The highest BCUT2D eigenvalue weighted by Gasteiger charge is 2.36. The van der Waals surface area contributed by atoms with Crippen LogP contribution in [0.25, 0.3) is 0 Å². The van der Waals surface area contributed by atoms with Crippen LogP contribution < -0.4 is 15.4 Å². The molecule has 2 heterocycles. The summed E-state index contributed by atoms with van der Waals surface area (Å²) < 4.78 is 21.0. The van der Waals surface area contributed by atoms with E-state index in [-0.39, 0.29) is 24.5 Å². The van der Waals surface area contributed by atoms with Crippen LogP contribution in [0.5, 0.6) is 5.75 Å². The largest absolute Gasteiger partial charge is 0.497 e. The summed E-state index contributed by atoms with van der Waals surface area (Å²) in [6, 6.07) is 8.91. The van der Waals surface area contributed by atoms with Gasteiger partial charge in [0.1, 0.15) is 29.9 Å². The summed E-state index contributed by atoms with van der Waals surface area (Å²) in [4.78, 5) is 41.9. The first kappa shape index (κ1) is 24.4. The second-order valence-electron chi connectivity index (χ2n) is 7.03. The number of aryl methyl sites for hydroxylation is 1. The van der Waals surface area contributed by atoms with Gasteiger partial charge in [0.05, 0.1) is 31.2 Å². The monoisotopic (exact) mass is 471 g/mol. The number of furan rings is 1. The third-order valence-electron chi connectivity index (χ3n) is 4.65. The second-order valence-corrected chi connectivity index (χ2v) is 7.03. The molecule has 0 saturated carbocycles. The molecule has 11 nitrogen and oxygen atoms in total. The number of hydrogen-bond acceptors (Lipinski definition) is 9. The van der Waals surface area contributed by atoms with Crippen molar-refractivity contribution in [3.8, 4) is 5.75 Å². The predicted octanol–water partition coefficient (Wildman–Crippen LogP) is 2.36. The van der Waals surface area contributed by atoms with Crippen LogP contribution in [0.1, 0.15) is 30.0 Å². The Kier molecular flexibility index (Phi) is 8.27. The first-order valence-electron chi connectivity index (χ1n) is 10.4. The van der Waals surface area contributed by atoms with E-state index in [1.165, 1.54) is 6.21 Å². The second kappa shape index (κ2) is 11.5. The summed E-state index contributed by atoms with van der Waals surface area (Å²) in [6.45, 7) is 2.65. The number of amides is 2. The van der Waals surface area contributed by atoms with Crippen molar-refractivity contribution >= 4 is 24.2 Å². The van der Waals surface area contributed by atoms with Gasteiger partial charge in [-0.25, -0.2) is 14.4 Å². The average Bonchev–Trinajstić information content (AvgIpc) is 3.26. The fourth-order valence-electron chi connectivity index (χ4n) is 3.08. The molecule has 0 saturated heterocycles. The van der Waals surface area contributed by atoms with E-state index in [9.17, 15) is 14.4 Å². The van der Waals surface area contributed by atoms with Crippen LogP contribution in [-0.4, -0.2) is 51.1 Å². The fourth-order valence-corrected chi connectivity index (χ4v) is 3.08. The van der Waals surface area contributed by atoms with Crippen molar-refractivity contribution < 1.29 is 37.8 Å². The highest BCUT2D eigenvalue weighted by molar-refractivity contribution is 5.95. The molecule has 180 valence electrons. The van der Waals surface area contributed by atoms with Gasteiger partial charge in [0, 0.05) is 0 Å². The first-order valence-corrected chi connectivity index (χ1v) is 10.4. The highest BCUT2D eigenvalue weighted by Crippen LogP contribution is 2.29. The lowest BCUT2D eigenvalue weighted by atomic mass is 10.0. The zero-order chi connectivity index (χ0) is 24.5. The van der Waals surface area contributed by atoms with Gasteiger partial charge in [-0.05, 0) is 55.8 Å². The summed E-state index contributed by atoms with van der Waals surface area (Å²) in [6.07, 6.45) is 1.43. The number of carbonyl (C=O) groups excluding carboxylic acids is 3. The lowest BCUT2D eigenvalue weighted by Crippen LogP contribution is -2.47. The molecule has 11 heteroatoms. The summed E-state index contributed by atoms with van der Waals surface area (Å²) in [7, 11) is 1.57. The molecule has 1 aliphatic rings. The van der Waals surface area contributed by atoms with Crippen molar-refractivity contribution in [2.75, 3.05) is 26.9 Å². The fraction of sp³-hybridized carbons (Fsp3) is 0.304. The Morgan fingerprint density at radius 2 is 1.91 bits per heavy atom. The quantitative estimate of drug-likeness (QED) is 0.306. The molecule has 0 bridgehead atoms. The number of benzene rings is 1. The van der Waals surface area contributed by atoms with Crippen LogP contribution >= 0.6 is 0 Å². The molecule has 0 spiro atoms. The summed E-state index contributed by atoms with van der Waals surface area (Å²) in [5, 5.41) is 8.84. The van der Waals surface area contributed by atoms with Crippen molar-refractivity contribution in [1.29, 1.82) is 0 Å². The first-order chi connectivity index (χ1) is 16.4. The Morgan fingerprint density at radius 3 is 2.56 bits per heavy atom. The van der Waals surface area contributed by atoms with E-state index < -0.39 is 30.6 Å². The summed E-state index contributed by atoms with van der Waals surface area (Å²) in [5.41, 5.74) is 0.897. The lowest BCUT2D eigenvalue weighted by molar-refractivity contribution is -0.148. The van der Waals surface area contributed by atoms with Crippen LogP contribution in [0, 0.1) is 6.92 Å². The minimum Gasteiger partial charge on any atom is -0.497 e. The molecule has 1 unspecified atom stereocenters.